The molecule has 7 heteroatoms. The largest absolute Gasteiger partial charge is 0.493 e. The molecule has 1 aliphatic rings. The van der Waals surface area contributed by atoms with Crippen LogP contribution in [0.3, 0.4) is 0 Å². The number of hydrogen-bond donors (Lipinski definition) is 0. The predicted octanol–water partition coefficient (Wildman–Crippen LogP) is 2.43. The zero-order valence-electron chi connectivity index (χ0n) is 14.4. The van der Waals surface area contributed by atoms with Crippen molar-refractivity contribution in [3.8, 4) is 11.5 Å². The summed E-state index contributed by atoms with van der Waals surface area (Å²) < 4.78 is 39.3. The smallest absolute Gasteiger partial charge is 0.282 e. The molecule has 1 aromatic carbocycles. The molecule has 0 aliphatic carbocycles. The molecule has 1 atom stereocenters. The van der Waals surface area contributed by atoms with Gasteiger partial charge in [-0.25, -0.2) is 0 Å². The highest BCUT2D eigenvalue weighted by Crippen LogP contribution is 2.38. The van der Waals surface area contributed by atoms with Crippen molar-refractivity contribution in [2.24, 2.45) is 0 Å². The number of benzene rings is 1. The first-order valence-corrected chi connectivity index (χ1v) is 9.19. The van der Waals surface area contributed by atoms with E-state index in [4.69, 9.17) is 9.47 Å². The van der Waals surface area contributed by atoms with E-state index >= 15 is 0 Å². The summed E-state index contributed by atoms with van der Waals surface area (Å²) in [6.07, 6.45) is 1.66. The Labute approximate surface area is 139 Å². The SMILES string of the molecule is COc1ccc([C@@H]2CCCN2S(=O)(=O)N(C)C(C)C)cc1OC. The van der Waals surface area contributed by atoms with Gasteiger partial charge in [-0.15, -0.1) is 0 Å². The maximum atomic E-state index is 12.8. The molecule has 1 heterocycles. The van der Waals surface area contributed by atoms with Crippen molar-refractivity contribution in [3.63, 3.8) is 0 Å². The predicted molar refractivity (Wildman–Crippen MR) is 90.0 cm³/mol. The third-order valence-corrected chi connectivity index (χ3v) is 6.56. The molecule has 0 spiro atoms. The Morgan fingerprint density at radius 3 is 2.43 bits per heavy atom. The molecule has 0 N–H and O–H groups in total. The Bertz CT molecular complexity index is 645. The first-order valence-electron chi connectivity index (χ1n) is 7.79. The molecular formula is C16H26N2O4S. The third-order valence-electron chi connectivity index (χ3n) is 4.38. The van der Waals surface area contributed by atoms with Crippen molar-refractivity contribution in [2.45, 2.75) is 38.8 Å². The third kappa shape index (κ3) is 3.46. The molecule has 0 unspecified atom stereocenters. The Hall–Kier alpha value is -1.31. The van der Waals surface area contributed by atoms with Crippen LogP contribution >= 0.6 is 0 Å². The molecule has 1 aromatic rings. The molecule has 1 saturated heterocycles. The molecule has 0 bridgehead atoms. The minimum atomic E-state index is -3.48. The fourth-order valence-electron chi connectivity index (χ4n) is 2.84. The second-order valence-corrected chi connectivity index (χ2v) is 7.94. The molecule has 0 amide bonds. The zero-order valence-corrected chi connectivity index (χ0v) is 15.3. The lowest BCUT2D eigenvalue weighted by atomic mass is 10.0. The number of rotatable bonds is 6. The van der Waals surface area contributed by atoms with Crippen LogP contribution in [0, 0.1) is 0 Å². The summed E-state index contributed by atoms with van der Waals surface area (Å²) in [6, 6.07) is 5.36. The number of ether oxygens (including phenoxy) is 2. The quantitative estimate of drug-likeness (QED) is 0.797. The molecule has 1 fully saturated rings. The van der Waals surface area contributed by atoms with E-state index in [-0.39, 0.29) is 12.1 Å². The molecule has 0 saturated carbocycles. The highest BCUT2D eigenvalue weighted by atomic mass is 32.2. The lowest BCUT2D eigenvalue weighted by Crippen LogP contribution is -2.44. The fourth-order valence-corrected chi connectivity index (χ4v) is 4.61. The maximum absolute atomic E-state index is 12.8. The van der Waals surface area contributed by atoms with Gasteiger partial charge in [0.1, 0.15) is 0 Å². The summed E-state index contributed by atoms with van der Waals surface area (Å²) >= 11 is 0. The van der Waals surface area contributed by atoms with Crippen molar-refractivity contribution in [3.05, 3.63) is 23.8 Å². The van der Waals surface area contributed by atoms with Gasteiger partial charge in [-0.05, 0) is 44.4 Å². The summed E-state index contributed by atoms with van der Waals surface area (Å²) in [5.41, 5.74) is 0.931. The Kier molecular flexibility index (Phi) is 5.54. The van der Waals surface area contributed by atoms with Crippen LogP contribution in [0.5, 0.6) is 11.5 Å². The van der Waals surface area contributed by atoms with E-state index in [9.17, 15) is 8.42 Å². The molecule has 130 valence electrons. The van der Waals surface area contributed by atoms with Crippen molar-refractivity contribution >= 4 is 10.2 Å². The average Bonchev–Trinajstić information content (AvgIpc) is 3.03. The van der Waals surface area contributed by atoms with Gasteiger partial charge in [-0.1, -0.05) is 6.07 Å². The van der Waals surface area contributed by atoms with E-state index in [2.05, 4.69) is 0 Å². The number of methoxy groups -OCH3 is 2. The van der Waals surface area contributed by atoms with Crippen LogP contribution < -0.4 is 9.47 Å². The van der Waals surface area contributed by atoms with E-state index in [1.165, 1.54) is 4.31 Å². The lowest BCUT2D eigenvalue weighted by Gasteiger charge is -2.31. The first kappa shape index (κ1) is 18.0. The number of hydrogen-bond acceptors (Lipinski definition) is 4. The molecule has 6 nitrogen and oxygen atoms in total. The highest BCUT2D eigenvalue weighted by molar-refractivity contribution is 7.86. The van der Waals surface area contributed by atoms with Crippen LogP contribution in [-0.4, -0.2) is 50.9 Å². The van der Waals surface area contributed by atoms with Gasteiger partial charge in [0.2, 0.25) is 0 Å². The van der Waals surface area contributed by atoms with Crippen molar-refractivity contribution < 1.29 is 17.9 Å². The minimum absolute atomic E-state index is 0.0772. The second-order valence-electron chi connectivity index (χ2n) is 6.00. The van der Waals surface area contributed by atoms with Gasteiger partial charge in [-0.2, -0.15) is 17.0 Å². The highest BCUT2D eigenvalue weighted by Gasteiger charge is 2.38. The molecular weight excluding hydrogens is 316 g/mol. The van der Waals surface area contributed by atoms with Gasteiger partial charge in [0.15, 0.2) is 11.5 Å². The van der Waals surface area contributed by atoms with Crippen LogP contribution in [0.2, 0.25) is 0 Å². The van der Waals surface area contributed by atoms with Gasteiger partial charge >= 0.3 is 0 Å². The summed E-state index contributed by atoms with van der Waals surface area (Å²) in [6.45, 7) is 4.29. The first-order chi connectivity index (χ1) is 10.8. The molecule has 0 aromatic heterocycles. The summed E-state index contributed by atoms with van der Waals surface area (Å²) in [5.74, 6) is 1.26. The molecule has 2 rings (SSSR count). The van der Waals surface area contributed by atoms with Crippen LogP contribution in [0.4, 0.5) is 0 Å². The van der Waals surface area contributed by atoms with Crippen molar-refractivity contribution in [1.29, 1.82) is 0 Å². The van der Waals surface area contributed by atoms with Crippen molar-refractivity contribution in [2.75, 3.05) is 27.8 Å². The zero-order chi connectivity index (χ0) is 17.2. The fraction of sp³-hybridized carbons (Fsp3) is 0.625. The lowest BCUT2D eigenvalue weighted by molar-refractivity contribution is 0.323. The molecule has 1 aliphatic heterocycles. The van der Waals surface area contributed by atoms with Crippen molar-refractivity contribution in [1.82, 2.24) is 8.61 Å². The van der Waals surface area contributed by atoms with E-state index in [0.717, 1.165) is 18.4 Å². The summed E-state index contributed by atoms with van der Waals surface area (Å²) in [7, 11) is 1.32. The van der Waals surface area contributed by atoms with Gasteiger partial charge in [0.25, 0.3) is 10.2 Å². The topological polar surface area (TPSA) is 59.1 Å². The summed E-state index contributed by atoms with van der Waals surface area (Å²) in [4.78, 5) is 0. The van der Waals surface area contributed by atoms with Crippen LogP contribution in [-0.2, 0) is 10.2 Å². The monoisotopic (exact) mass is 342 g/mol. The van der Waals surface area contributed by atoms with E-state index in [0.29, 0.717) is 18.0 Å². The standard InChI is InChI=1S/C16H26N2O4S/c1-12(2)17(3)23(19,20)18-10-6-7-14(18)13-8-9-15(21-4)16(11-13)22-5/h8-9,11-12,14H,6-7,10H2,1-5H3/t14-/m0/s1. The van der Waals surface area contributed by atoms with Crippen LogP contribution in [0.1, 0.15) is 38.3 Å². The molecule has 23 heavy (non-hydrogen) atoms. The van der Waals surface area contributed by atoms with Crippen LogP contribution in [0.25, 0.3) is 0 Å². The average molecular weight is 342 g/mol. The van der Waals surface area contributed by atoms with Gasteiger partial charge in [0, 0.05) is 19.6 Å². The second kappa shape index (κ2) is 7.07. The van der Waals surface area contributed by atoms with Gasteiger partial charge in [0.05, 0.1) is 20.3 Å². The Morgan fingerprint density at radius 1 is 1.22 bits per heavy atom. The van der Waals surface area contributed by atoms with Gasteiger partial charge in [-0.3, -0.25) is 0 Å². The maximum Gasteiger partial charge on any atom is 0.282 e. The van der Waals surface area contributed by atoms with E-state index in [1.807, 2.05) is 32.0 Å². The Balaban J connectivity index is 2.36. The van der Waals surface area contributed by atoms with Crippen LogP contribution in [0.15, 0.2) is 18.2 Å². The van der Waals surface area contributed by atoms with Gasteiger partial charge < -0.3 is 9.47 Å². The minimum Gasteiger partial charge on any atom is -0.493 e. The number of nitrogens with zero attached hydrogens (tertiary/aromatic N) is 2. The summed E-state index contributed by atoms with van der Waals surface area (Å²) in [5, 5.41) is 0. The molecule has 0 radical (unpaired) electrons. The Morgan fingerprint density at radius 2 is 1.87 bits per heavy atom. The normalized spacial score (nSPS) is 19.5. The van der Waals surface area contributed by atoms with E-state index < -0.39 is 10.2 Å². The van der Waals surface area contributed by atoms with E-state index in [1.54, 1.807) is 25.6 Å².